The van der Waals surface area contributed by atoms with E-state index >= 15 is 0 Å². The molecule has 94 valence electrons. The van der Waals surface area contributed by atoms with Crippen LogP contribution in [0.2, 0.25) is 0 Å². The summed E-state index contributed by atoms with van der Waals surface area (Å²) in [6.45, 7) is 11.5. The van der Waals surface area contributed by atoms with Gasteiger partial charge in [-0.05, 0) is 50.3 Å². The smallest absolute Gasteiger partial charge is 0.123 e. The summed E-state index contributed by atoms with van der Waals surface area (Å²) in [6.07, 6.45) is 1.14. The molecule has 0 fully saturated rings. The van der Waals surface area contributed by atoms with Crippen molar-refractivity contribution in [3.05, 3.63) is 41.0 Å². The number of hydrogen-bond acceptors (Lipinski definition) is 1. The fourth-order valence-corrected chi connectivity index (χ4v) is 1.57. The van der Waals surface area contributed by atoms with Gasteiger partial charge in [-0.15, -0.1) is 0 Å². The Morgan fingerprint density at radius 3 is 2.41 bits per heavy atom. The molecule has 1 unspecified atom stereocenters. The average molecular weight is 232 g/mol. The minimum atomic E-state index is 0.554. The lowest BCUT2D eigenvalue weighted by Crippen LogP contribution is -2.03. The molecular formula is C16H24O. The second-order valence-corrected chi connectivity index (χ2v) is 4.92. The molecule has 0 heterocycles. The maximum absolute atomic E-state index is 5.93. The SMILES string of the molecule is CCC(C)c1ccccc1OCC(C)=C(C)C. The first kappa shape index (κ1) is 13.8. The van der Waals surface area contributed by atoms with Crippen LogP contribution in [0.3, 0.4) is 0 Å². The van der Waals surface area contributed by atoms with E-state index in [9.17, 15) is 0 Å². The molecule has 0 aliphatic carbocycles. The highest BCUT2D eigenvalue weighted by atomic mass is 16.5. The molecule has 1 atom stereocenters. The molecule has 1 rings (SSSR count). The summed E-state index contributed by atoms with van der Waals surface area (Å²) in [4.78, 5) is 0. The molecule has 0 saturated heterocycles. The van der Waals surface area contributed by atoms with Crippen molar-refractivity contribution in [2.45, 2.75) is 47.0 Å². The molecule has 1 aromatic rings. The lowest BCUT2D eigenvalue weighted by atomic mass is 9.98. The second-order valence-electron chi connectivity index (χ2n) is 4.92. The zero-order valence-corrected chi connectivity index (χ0v) is 11.7. The van der Waals surface area contributed by atoms with Gasteiger partial charge in [0, 0.05) is 0 Å². The van der Waals surface area contributed by atoms with Crippen molar-refractivity contribution in [2.24, 2.45) is 0 Å². The Morgan fingerprint density at radius 2 is 1.82 bits per heavy atom. The maximum Gasteiger partial charge on any atom is 0.123 e. The van der Waals surface area contributed by atoms with Crippen LogP contribution in [-0.4, -0.2) is 6.61 Å². The minimum absolute atomic E-state index is 0.554. The van der Waals surface area contributed by atoms with Gasteiger partial charge < -0.3 is 4.74 Å². The molecular weight excluding hydrogens is 208 g/mol. The number of rotatable bonds is 5. The van der Waals surface area contributed by atoms with E-state index in [2.05, 4.69) is 52.8 Å². The van der Waals surface area contributed by atoms with Crippen molar-refractivity contribution < 1.29 is 4.74 Å². The van der Waals surface area contributed by atoms with Crippen LogP contribution in [0.15, 0.2) is 35.4 Å². The first-order chi connectivity index (χ1) is 8.06. The van der Waals surface area contributed by atoms with Gasteiger partial charge in [0.25, 0.3) is 0 Å². The number of hydrogen-bond donors (Lipinski definition) is 0. The molecule has 1 heteroatoms. The van der Waals surface area contributed by atoms with E-state index in [1.165, 1.54) is 16.7 Å². The number of ether oxygens (including phenoxy) is 1. The van der Waals surface area contributed by atoms with Gasteiger partial charge >= 0.3 is 0 Å². The lowest BCUT2D eigenvalue weighted by Gasteiger charge is -2.16. The van der Waals surface area contributed by atoms with Gasteiger partial charge in [-0.25, -0.2) is 0 Å². The molecule has 0 amide bonds. The third-order valence-electron chi connectivity index (χ3n) is 3.36. The fraction of sp³-hybridized carbons (Fsp3) is 0.500. The van der Waals surface area contributed by atoms with Crippen LogP contribution in [0.1, 0.15) is 52.5 Å². The van der Waals surface area contributed by atoms with Crippen molar-refractivity contribution in [3.8, 4) is 5.75 Å². The standard InChI is InChI=1S/C16H24O/c1-6-13(4)15-9-7-8-10-16(15)17-11-14(5)12(2)3/h7-10,13H,6,11H2,1-5H3. The first-order valence-corrected chi connectivity index (χ1v) is 6.41. The molecule has 17 heavy (non-hydrogen) atoms. The highest BCUT2D eigenvalue weighted by molar-refractivity contribution is 5.36. The van der Waals surface area contributed by atoms with Gasteiger partial charge in [0.1, 0.15) is 12.4 Å². The van der Waals surface area contributed by atoms with Gasteiger partial charge in [0.15, 0.2) is 0 Å². The van der Waals surface area contributed by atoms with E-state index in [4.69, 9.17) is 4.74 Å². The van der Waals surface area contributed by atoms with Crippen LogP contribution in [-0.2, 0) is 0 Å². The molecule has 0 aliphatic rings. The fourth-order valence-electron chi connectivity index (χ4n) is 1.57. The Hall–Kier alpha value is -1.24. The van der Waals surface area contributed by atoms with E-state index in [0.717, 1.165) is 12.2 Å². The molecule has 0 radical (unpaired) electrons. The van der Waals surface area contributed by atoms with Gasteiger partial charge in [0.2, 0.25) is 0 Å². The van der Waals surface area contributed by atoms with Crippen LogP contribution >= 0.6 is 0 Å². The van der Waals surface area contributed by atoms with Crippen LogP contribution in [0, 0.1) is 0 Å². The average Bonchev–Trinajstić information content (AvgIpc) is 2.35. The molecule has 0 bridgehead atoms. The Morgan fingerprint density at radius 1 is 1.18 bits per heavy atom. The minimum Gasteiger partial charge on any atom is -0.489 e. The maximum atomic E-state index is 5.93. The first-order valence-electron chi connectivity index (χ1n) is 6.41. The van der Waals surface area contributed by atoms with Crippen molar-refractivity contribution in [3.63, 3.8) is 0 Å². The van der Waals surface area contributed by atoms with E-state index in [1.807, 2.05) is 6.07 Å². The summed E-state index contributed by atoms with van der Waals surface area (Å²) in [5.74, 6) is 1.58. The third-order valence-corrected chi connectivity index (χ3v) is 3.36. The van der Waals surface area contributed by atoms with Gasteiger partial charge in [0.05, 0.1) is 0 Å². The van der Waals surface area contributed by atoms with Crippen LogP contribution in [0.5, 0.6) is 5.75 Å². The highest BCUT2D eigenvalue weighted by Gasteiger charge is 2.09. The Kier molecular flexibility index (Phi) is 5.27. The number of benzene rings is 1. The summed E-state index contributed by atoms with van der Waals surface area (Å²) in [7, 11) is 0. The Balaban J connectivity index is 2.81. The largest absolute Gasteiger partial charge is 0.489 e. The second kappa shape index (κ2) is 6.48. The zero-order valence-electron chi connectivity index (χ0n) is 11.7. The Labute approximate surface area is 106 Å². The monoisotopic (exact) mass is 232 g/mol. The summed E-state index contributed by atoms with van der Waals surface area (Å²) in [5, 5.41) is 0. The molecule has 1 nitrogen and oxygen atoms in total. The summed E-state index contributed by atoms with van der Waals surface area (Å²) < 4.78 is 5.93. The summed E-state index contributed by atoms with van der Waals surface area (Å²) in [5.41, 5.74) is 3.96. The topological polar surface area (TPSA) is 9.23 Å². The molecule has 1 aromatic carbocycles. The summed E-state index contributed by atoms with van der Waals surface area (Å²) in [6, 6.07) is 8.36. The lowest BCUT2D eigenvalue weighted by molar-refractivity contribution is 0.344. The molecule has 0 N–H and O–H groups in total. The van der Waals surface area contributed by atoms with Crippen molar-refractivity contribution >= 4 is 0 Å². The van der Waals surface area contributed by atoms with Crippen LogP contribution < -0.4 is 4.74 Å². The normalized spacial score (nSPS) is 12.1. The van der Waals surface area contributed by atoms with E-state index in [0.29, 0.717) is 12.5 Å². The zero-order chi connectivity index (χ0) is 12.8. The molecule has 0 aromatic heterocycles. The van der Waals surface area contributed by atoms with E-state index in [1.54, 1.807) is 0 Å². The summed E-state index contributed by atoms with van der Waals surface area (Å²) >= 11 is 0. The predicted molar refractivity (Wildman–Crippen MR) is 74.7 cm³/mol. The van der Waals surface area contributed by atoms with Crippen molar-refractivity contribution in [2.75, 3.05) is 6.61 Å². The van der Waals surface area contributed by atoms with Gasteiger partial charge in [-0.1, -0.05) is 37.6 Å². The number of allylic oxidation sites excluding steroid dienone is 1. The number of para-hydroxylation sites is 1. The molecule has 0 spiro atoms. The van der Waals surface area contributed by atoms with Crippen molar-refractivity contribution in [1.29, 1.82) is 0 Å². The molecule has 0 aliphatic heterocycles. The Bertz CT molecular complexity index is 386. The third kappa shape index (κ3) is 3.92. The van der Waals surface area contributed by atoms with Gasteiger partial charge in [-0.2, -0.15) is 0 Å². The predicted octanol–water partition coefficient (Wildman–Crippen LogP) is 4.94. The quantitative estimate of drug-likeness (QED) is 0.654. The van der Waals surface area contributed by atoms with Crippen LogP contribution in [0.4, 0.5) is 0 Å². The van der Waals surface area contributed by atoms with E-state index in [-0.39, 0.29) is 0 Å². The van der Waals surface area contributed by atoms with Gasteiger partial charge in [-0.3, -0.25) is 0 Å². The van der Waals surface area contributed by atoms with Crippen molar-refractivity contribution in [1.82, 2.24) is 0 Å². The van der Waals surface area contributed by atoms with Crippen LogP contribution in [0.25, 0.3) is 0 Å². The highest BCUT2D eigenvalue weighted by Crippen LogP contribution is 2.28. The van der Waals surface area contributed by atoms with E-state index < -0.39 is 0 Å². The molecule has 0 saturated carbocycles.